The molecule has 1 N–H and O–H groups in total. The van der Waals surface area contributed by atoms with Crippen molar-refractivity contribution in [2.45, 2.75) is 19.1 Å². The van der Waals surface area contributed by atoms with E-state index in [1.165, 1.54) is 11.3 Å². The van der Waals surface area contributed by atoms with Crippen LogP contribution in [0, 0.1) is 0 Å². The lowest BCUT2D eigenvalue weighted by molar-refractivity contribution is -0.141. The van der Waals surface area contributed by atoms with E-state index in [9.17, 15) is 13.2 Å². The van der Waals surface area contributed by atoms with E-state index in [-0.39, 0.29) is 12.0 Å². The molecule has 3 nitrogen and oxygen atoms in total. The summed E-state index contributed by atoms with van der Waals surface area (Å²) in [5.74, 6) is -0.0245. The van der Waals surface area contributed by atoms with Gasteiger partial charge in [0.1, 0.15) is 5.69 Å². The van der Waals surface area contributed by atoms with Gasteiger partial charge in [-0.25, -0.2) is 9.97 Å². The maximum absolute atomic E-state index is 12.5. The van der Waals surface area contributed by atoms with Crippen molar-refractivity contribution >= 4 is 17.3 Å². The topological polar surface area (TPSA) is 37.8 Å². The van der Waals surface area contributed by atoms with E-state index >= 15 is 0 Å². The maximum Gasteiger partial charge on any atom is 0.433 e. The minimum Gasteiger partial charge on any atom is -0.348 e. The molecule has 0 aliphatic rings. The third kappa shape index (κ3) is 2.98. The minimum atomic E-state index is -4.45. The van der Waals surface area contributed by atoms with E-state index in [2.05, 4.69) is 15.3 Å². The van der Waals surface area contributed by atoms with Crippen LogP contribution in [-0.4, -0.2) is 9.97 Å². The second kappa shape index (κ2) is 4.93. The lowest BCUT2D eigenvalue weighted by atomic mass is 10.2. The predicted octanol–water partition coefficient (Wildman–Crippen LogP) is 3.73. The molecule has 0 bridgehead atoms. The first-order valence-corrected chi connectivity index (χ1v) is 6.10. The minimum absolute atomic E-state index is 0.0245. The molecule has 0 amide bonds. The van der Waals surface area contributed by atoms with Crippen LogP contribution in [0.15, 0.2) is 29.1 Å². The number of hydrogen-bond donors (Lipinski definition) is 1. The molecule has 2 rings (SSSR count). The number of rotatable bonds is 3. The smallest absolute Gasteiger partial charge is 0.348 e. The molecule has 0 spiro atoms. The highest BCUT2D eigenvalue weighted by Gasteiger charge is 2.32. The highest BCUT2D eigenvalue weighted by atomic mass is 32.1. The molecule has 18 heavy (non-hydrogen) atoms. The van der Waals surface area contributed by atoms with Gasteiger partial charge in [-0.1, -0.05) is 0 Å². The van der Waals surface area contributed by atoms with E-state index < -0.39 is 11.9 Å². The molecule has 0 aliphatic carbocycles. The Balaban J connectivity index is 2.15. The Bertz CT molecular complexity index is 511. The molecule has 7 heteroatoms. The van der Waals surface area contributed by atoms with Gasteiger partial charge in [0.15, 0.2) is 0 Å². The SMILES string of the molecule is CC(Nc1nccc(C(F)(F)F)n1)c1ccsc1. The Morgan fingerprint density at radius 1 is 1.33 bits per heavy atom. The fourth-order valence-electron chi connectivity index (χ4n) is 1.38. The average molecular weight is 273 g/mol. The Kier molecular flexibility index (Phi) is 3.51. The summed E-state index contributed by atoms with van der Waals surface area (Å²) in [6, 6.07) is 2.61. The monoisotopic (exact) mass is 273 g/mol. The van der Waals surface area contributed by atoms with E-state index in [4.69, 9.17) is 0 Å². The fraction of sp³-hybridized carbons (Fsp3) is 0.273. The summed E-state index contributed by atoms with van der Waals surface area (Å²) < 4.78 is 37.4. The van der Waals surface area contributed by atoms with Crippen molar-refractivity contribution in [3.8, 4) is 0 Å². The van der Waals surface area contributed by atoms with Gasteiger partial charge >= 0.3 is 6.18 Å². The van der Waals surface area contributed by atoms with Crippen LogP contribution in [0.3, 0.4) is 0 Å². The van der Waals surface area contributed by atoms with E-state index in [1.54, 1.807) is 0 Å². The third-order valence-electron chi connectivity index (χ3n) is 2.33. The molecule has 2 aromatic rings. The number of aromatic nitrogens is 2. The molecule has 2 aromatic heterocycles. The lowest BCUT2D eigenvalue weighted by Crippen LogP contribution is -2.13. The number of nitrogens with zero attached hydrogens (tertiary/aromatic N) is 2. The first-order chi connectivity index (χ1) is 8.47. The fourth-order valence-corrected chi connectivity index (χ4v) is 2.14. The first kappa shape index (κ1) is 12.8. The van der Waals surface area contributed by atoms with Crippen molar-refractivity contribution in [3.05, 3.63) is 40.3 Å². The van der Waals surface area contributed by atoms with E-state index in [0.717, 1.165) is 17.8 Å². The quantitative estimate of drug-likeness (QED) is 0.926. The number of halogens is 3. The van der Waals surface area contributed by atoms with Crippen LogP contribution < -0.4 is 5.32 Å². The zero-order valence-corrected chi connectivity index (χ0v) is 10.2. The molecule has 0 radical (unpaired) electrons. The molecular weight excluding hydrogens is 263 g/mol. The molecule has 0 aliphatic heterocycles. The van der Waals surface area contributed by atoms with Crippen LogP contribution in [-0.2, 0) is 6.18 Å². The summed E-state index contributed by atoms with van der Waals surface area (Å²) in [5.41, 5.74) is 0.0403. The van der Waals surface area contributed by atoms with Gasteiger partial charge in [0.25, 0.3) is 0 Å². The van der Waals surface area contributed by atoms with Crippen LogP contribution in [0.2, 0.25) is 0 Å². The predicted molar refractivity (Wildman–Crippen MR) is 63.4 cm³/mol. The molecule has 0 saturated heterocycles. The first-order valence-electron chi connectivity index (χ1n) is 5.15. The van der Waals surface area contributed by atoms with Crippen LogP contribution in [0.1, 0.15) is 24.2 Å². The lowest BCUT2D eigenvalue weighted by Gasteiger charge is -2.13. The van der Waals surface area contributed by atoms with Gasteiger partial charge < -0.3 is 5.32 Å². The Morgan fingerprint density at radius 2 is 2.11 bits per heavy atom. The molecule has 96 valence electrons. The van der Waals surface area contributed by atoms with E-state index in [1.807, 2.05) is 23.8 Å². The number of alkyl halides is 3. The standard InChI is InChI=1S/C11H10F3N3S/c1-7(8-3-5-18-6-8)16-10-15-4-2-9(17-10)11(12,13)14/h2-7H,1H3,(H,15,16,17). The normalized spacial score (nSPS) is 13.3. The van der Waals surface area contributed by atoms with Gasteiger partial charge in [0, 0.05) is 6.20 Å². The molecule has 0 aromatic carbocycles. The van der Waals surface area contributed by atoms with Crippen molar-refractivity contribution < 1.29 is 13.2 Å². The summed E-state index contributed by atoms with van der Waals surface area (Å²) >= 11 is 1.53. The second-order valence-electron chi connectivity index (χ2n) is 3.69. The molecule has 1 unspecified atom stereocenters. The molecule has 0 fully saturated rings. The van der Waals surface area contributed by atoms with Gasteiger partial charge in [0.05, 0.1) is 6.04 Å². The van der Waals surface area contributed by atoms with Crippen molar-refractivity contribution in [1.82, 2.24) is 9.97 Å². The van der Waals surface area contributed by atoms with Crippen LogP contribution in [0.25, 0.3) is 0 Å². The van der Waals surface area contributed by atoms with Crippen molar-refractivity contribution in [3.63, 3.8) is 0 Å². The van der Waals surface area contributed by atoms with E-state index in [0.29, 0.717) is 0 Å². The summed E-state index contributed by atoms with van der Waals surface area (Å²) in [6.45, 7) is 1.84. The van der Waals surface area contributed by atoms with Gasteiger partial charge in [-0.2, -0.15) is 24.5 Å². The summed E-state index contributed by atoms with van der Waals surface area (Å²) in [7, 11) is 0. The summed E-state index contributed by atoms with van der Waals surface area (Å²) in [6.07, 6.45) is -3.36. The Morgan fingerprint density at radius 3 is 2.72 bits per heavy atom. The van der Waals surface area contributed by atoms with Crippen molar-refractivity contribution in [1.29, 1.82) is 0 Å². The highest BCUT2D eigenvalue weighted by molar-refractivity contribution is 7.07. The third-order valence-corrected chi connectivity index (χ3v) is 3.04. The zero-order valence-electron chi connectivity index (χ0n) is 9.40. The zero-order chi connectivity index (χ0) is 13.2. The van der Waals surface area contributed by atoms with Gasteiger partial charge in [0.2, 0.25) is 5.95 Å². The summed E-state index contributed by atoms with van der Waals surface area (Å²) in [4.78, 5) is 7.23. The Labute approximate surface area is 106 Å². The van der Waals surface area contributed by atoms with Gasteiger partial charge in [-0.3, -0.25) is 0 Å². The average Bonchev–Trinajstić information content (AvgIpc) is 2.81. The van der Waals surface area contributed by atoms with Gasteiger partial charge in [-0.05, 0) is 35.4 Å². The largest absolute Gasteiger partial charge is 0.433 e. The second-order valence-corrected chi connectivity index (χ2v) is 4.47. The molecular formula is C11H10F3N3S. The molecule has 0 saturated carbocycles. The van der Waals surface area contributed by atoms with Gasteiger partial charge in [-0.15, -0.1) is 0 Å². The number of hydrogen-bond acceptors (Lipinski definition) is 4. The molecule has 2 heterocycles. The number of anilines is 1. The van der Waals surface area contributed by atoms with Crippen LogP contribution in [0.5, 0.6) is 0 Å². The van der Waals surface area contributed by atoms with Crippen LogP contribution >= 0.6 is 11.3 Å². The number of nitrogens with one attached hydrogen (secondary N) is 1. The molecule has 1 atom stereocenters. The summed E-state index contributed by atoms with van der Waals surface area (Å²) in [5, 5.41) is 6.67. The number of thiophene rings is 1. The van der Waals surface area contributed by atoms with Crippen molar-refractivity contribution in [2.75, 3.05) is 5.32 Å². The maximum atomic E-state index is 12.5. The Hall–Kier alpha value is -1.63. The highest BCUT2D eigenvalue weighted by Crippen LogP contribution is 2.28. The van der Waals surface area contributed by atoms with Crippen molar-refractivity contribution in [2.24, 2.45) is 0 Å². The van der Waals surface area contributed by atoms with Crippen LogP contribution in [0.4, 0.5) is 19.1 Å².